The van der Waals surface area contributed by atoms with Gasteiger partial charge in [-0.15, -0.1) is 5.10 Å². The Labute approximate surface area is 120 Å². The molecule has 1 aromatic heterocycles. The summed E-state index contributed by atoms with van der Waals surface area (Å²) in [6.45, 7) is 6.31. The molecule has 1 heterocycles. The van der Waals surface area contributed by atoms with E-state index in [0.29, 0.717) is 6.04 Å². The third-order valence-electron chi connectivity index (χ3n) is 3.69. The number of aromatic nitrogens is 3. The van der Waals surface area contributed by atoms with Crippen molar-refractivity contribution in [3.63, 3.8) is 0 Å². The minimum Gasteiger partial charge on any atom is -0.308 e. The van der Waals surface area contributed by atoms with Crippen molar-refractivity contribution in [3.05, 3.63) is 11.9 Å². The molecular weight excluding hydrogens is 256 g/mol. The highest BCUT2D eigenvalue weighted by Crippen LogP contribution is 2.31. The largest absolute Gasteiger partial charge is 0.308 e. The van der Waals surface area contributed by atoms with Gasteiger partial charge in [-0.3, -0.25) is 0 Å². The molecule has 1 fully saturated rings. The molecular formula is C14H26N4S. The molecule has 0 aliphatic heterocycles. The Morgan fingerprint density at radius 3 is 2.89 bits per heavy atom. The van der Waals surface area contributed by atoms with Crippen LogP contribution in [0.5, 0.6) is 0 Å². The molecule has 1 aromatic rings. The van der Waals surface area contributed by atoms with Crippen LogP contribution in [0.15, 0.2) is 6.20 Å². The van der Waals surface area contributed by atoms with Gasteiger partial charge in [-0.2, -0.15) is 11.8 Å². The zero-order chi connectivity index (χ0) is 13.5. The average molecular weight is 282 g/mol. The van der Waals surface area contributed by atoms with Gasteiger partial charge in [-0.1, -0.05) is 31.9 Å². The number of rotatable bonds is 8. The second-order valence-corrected chi connectivity index (χ2v) is 6.57. The Morgan fingerprint density at radius 2 is 2.21 bits per heavy atom. The fourth-order valence-corrected chi connectivity index (χ4v) is 4.12. The lowest BCUT2D eigenvalue weighted by molar-refractivity contribution is 0.500. The molecule has 0 radical (unpaired) electrons. The quantitative estimate of drug-likeness (QED) is 0.796. The highest BCUT2D eigenvalue weighted by molar-refractivity contribution is 7.99. The lowest BCUT2D eigenvalue weighted by Crippen LogP contribution is -2.26. The maximum absolute atomic E-state index is 4.21. The van der Waals surface area contributed by atoms with Gasteiger partial charge in [0.15, 0.2) is 0 Å². The van der Waals surface area contributed by atoms with Crippen LogP contribution < -0.4 is 5.32 Å². The van der Waals surface area contributed by atoms with Crippen molar-refractivity contribution in [2.45, 2.75) is 63.8 Å². The van der Waals surface area contributed by atoms with Gasteiger partial charge in [0.1, 0.15) is 0 Å². The molecule has 4 nitrogen and oxygen atoms in total. The van der Waals surface area contributed by atoms with E-state index in [1.54, 1.807) is 0 Å². The second kappa shape index (κ2) is 7.90. The first kappa shape index (κ1) is 14.9. The minimum atomic E-state index is 0.386. The van der Waals surface area contributed by atoms with E-state index in [2.05, 4.69) is 45.9 Å². The first-order chi connectivity index (χ1) is 9.35. The van der Waals surface area contributed by atoms with E-state index in [-0.39, 0.29) is 0 Å². The van der Waals surface area contributed by atoms with Gasteiger partial charge in [0.25, 0.3) is 0 Å². The molecule has 0 saturated heterocycles. The molecule has 0 aromatic carbocycles. The van der Waals surface area contributed by atoms with Crippen LogP contribution in [0.25, 0.3) is 0 Å². The highest BCUT2D eigenvalue weighted by atomic mass is 32.2. The normalized spacial score (nSPS) is 18.0. The standard InChI is InChI=1S/C14H26N4S/c1-3-9-18-14(10-16-17-18)13(15-4-2)11-19-12-7-5-6-8-12/h10,12-13,15H,3-9,11H2,1-2H3. The fraction of sp³-hybridized carbons (Fsp3) is 0.857. The van der Waals surface area contributed by atoms with E-state index in [0.717, 1.165) is 30.5 Å². The summed E-state index contributed by atoms with van der Waals surface area (Å²) < 4.78 is 2.06. The van der Waals surface area contributed by atoms with Crippen LogP contribution >= 0.6 is 11.8 Å². The van der Waals surface area contributed by atoms with Crippen LogP contribution in [-0.4, -0.2) is 32.5 Å². The van der Waals surface area contributed by atoms with Gasteiger partial charge in [0, 0.05) is 17.5 Å². The molecule has 0 spiro atoms. The second-order valence-electron chi connectivity index (χ2n) is 5.23. The summed E-state index contributed by atoms with van der Waals surface area (Å²) in [7, 11) is 0. The topological polar surface area (TPSA) is 42.7 Å². The summed E-state index contributed by atoms with van der Waals surface area (Å²) in [5, 5.41) is 12.8. The van der Waals surface area contributed by atoms with Crippen LogP contribution in [0.3, 0.4) is 0 Å². The number of nitrogens with zero attached hydrogens (tertiary/aromatic N) is 3. The molecule has 1 unspecified atom stereocenters. The van der Waals surface area contributed by atoms with Crippen molar-refractivity contribution in [3.8, 4) is 0 Å². The Morgan fingerprint density at radius 1 is 1.42 bits per heavy atom. The Kier molecular flexibility index (Phi) is 6.17. The summed E-state index contributed by atoms with van der Waals surface area (Å²) in [6, 6.07) is 0.386. The minimum absolute atomic E-state index is 0.386. The number of nitrogens with one attached hydrogen (secondary N) is 1. The third-order valence-corrected chi connectivity index (χ3v) is 5.16. The number of thioether (sulfide) groups is 1. The van der Waals surface area contributed by atoms with Crippen LogP contribution in [0.1, 0.15) is 57.7 Å². The molecule has 0 bridgehead atoms. The van der Waals surface area contributed by atoms with E-state index in [1.807, 2.05) is 6.20 Å². The van der Waals surface area contributed by atoms with Crippen molar-refractivity contribution >= 4 is 11.8 Å². The van der Waals surface area contributed by atoms with E-state index >= 15 is 0 Å². The van der Waals surface area contributed by atoms with Gasteiger partial charge in [-0.25, -0.2) is 4.68 Å². The SMILES string of the molecule is CCCn1nncc1C(CSC1CCCC1)NCC. The number of aryl methyl sites for hydroxylation is 1. The van der Waals surface area contributed by atoms with E-state index < -0.39 is 0 Å². The number of hydrogen-bond donors (Lipinski definition) is 1. The molecule has 108 valence electrons. The molecule has 2 rings (SSSR count). The monoisotopic (exact) mass is 282 g/mol. The molecule has 19 heavy (non-hydrogen) atoms. The van der Waals surface area contributed by atoms with Crippen molar-refractivity contribution in [2.75, 3.05) is 12.3 Å². The lowest BCUT2D eigenvalue weighted by atomic mass is 10.2. The van der Waals surface area contributed by atoms with Crippen LogP contribution in [0, 0.1) is 0 Å². The Hall–Kier alpha value is -0.550. The Balaban J connectivity index is 1.95. The van der Waals surface area contributed by atoms with Crippen molar-refractivity contribution in [1.29, 1.82) is 0 Å². The summed E-state index contributed by atoms with van der Waals surface area (Å²) in [5.41, 5.74) is 1.24. The van der Waals surface area contributed by atoms with Crippen LogP contribution in [0.4, 0.5) is 0 Å². The van der Waals surface area contributed by atoms with Gasteiger partial charge >= 0.3 is 0 Å². The predicted octanol–water partition coefficient (Wildman–Crippen LogP) is 3.01. The summed E-state index contributed by atoms with van der Waals surface area (Å²) in [6.07, 6.45) is 8.66. The molecule has 5 heteroatoms. The molecule has 1 aliphatic carbocycles. The summed E-state index contributed by atoms with van der Waals surface area (Å²) >= 11 is 2.13. The molecule has 0 amide bonds. The van der Waals surface area contributed by atoms with E-state index in [1.165, 1.54) is 31.4 Å². The summed E-state index contributed by atoms with van der Waals surface area (Å²) in [4.78, 5) is 0. The lowest BCUT2D eigenvalue weighted by Gasteiger charge is -2.20. The average Bonchev–Trinajstić information content (AvgIpc) is 3.06. The van der Waals surface area contributed by atoms with Crippen LogP contribution in [0.2, 0.25) is 0 Å². The third kappa shape index (κ3) is 4.21. The van der Waals surface area contributed by atoms with Gasteiger partial charge in [0.05, 0.1) is 17.9 Å². The maximum Gasteiger partial charge on any atom is 0.0764 e. The number of hydrogen-bond acceptors (Lipinski definition) is 4. The van der Waals surface area contributed by atoms with Crippen molar-refractivity contribution < 1.29 is 0 Å². The molecule has 1 aliphatic rings. The first-order valence-electron chi connectivity index (χ1n) is 7.58. The van der Waals surface area contributed by atoms with Gasteiger partial charge in [-0.05, 0) is 25.8 Å². The fourth-order valence-electron chi connectivity index (χ4n) is 2.70. The highest BCUT2D eigenvalue weighted by Gasteiger charge is 2.20. The van der Waals surface area contributed by atoms with E-state index in [9.17, 15) is 0 Å². The van der Waals surface area contributed by atoms with E-state index in [4.69, 9.17) is 0 Å². The predicted molar refractivity (Wildman–Crippen MR) is 81.4 cm³/mol. The smallest absolute Gasteiger partial charge is 0.0764 e. The molecule has 1 saturated carbocycles. The zero-order valence-corrected chi connectivity index (χ0v) is 13.0. The van der Waals surface area contributed by atoms with Gasteiger partial charge < -0.3 is 5.32 Å². The maximum atomic E-state index is 4.21. The zero-order valence-electron chi connectivity index (χ0n) is 12.1. The molecule has 1 atom stereocenters. The summed E-state index contributed by atoms with van der Waals surface area (Å²) in [5.74, 6) is 1.13. The molecule has 1 N–H and O–H groups in total. The van der Waals surface area contributed by atoms with Crippen molar-refractivity contribution in [1.82, 2.24) is 20.3 Å². The van der Waals surface area contributed by atoms with Crippen LogP contribution in [-0.2, 0) is 6.54 Å². The Bertz CT molecular complexity index is 360. The first-order valence-corrected chi connectivity index (χ1v) is 8.63. The van der Waals surface area contributed by atoms with Gasteiger partial charge in [0.2, 0.25) is 0 Å². The van der Waals surface area contributed by atoms with Crippen molar-refractivity contribution in [2.24, 2.45) is 0 Å².